The lowest BCUT2D eigenvalue weighted by atomic mass is 10.2. The van der Waals surface area contributed by atoms with Crippen molar-refractivity contribution < 1.29 is 19.1 Å². The second-order valence-corrected chi connectivity index (χ2v) is 7.03. The summed E-state index contributed by atoms with van der Waals surface area (Å²) in [5.74, 6) is -1.07. The maximum absolute atomic E-state index is 12.3. The van der Waals surface area contributed by atoms with Gasteiger partial charge in [0.1, 0.15) is 4.88 Å². The number of ether oxygens (including phenoxy) is 1. The van der Waals surface area contributed by atoms with Crippen molar-refractivity contribution in [3.63, 3.8) is 0 Å². The molecule has 8 heteroatoms. The smallest absolute Gasteiger partial charge is 0.350 e. The molecule has 2 amide bonds. The average Bonchev–Trinajstić information content (AvgIpc) is 2.99. The molecule has 2 rings (SSSR count). The standard InChI is InChI=1S/C19H23N3O4S/c1-5-22(6-2)18(24)14-7-9-15(10-8-14)21-16(23)11-26-19(25)17-12(3)20-13(4)27-17/h7-10H,5-6,11H2,1-4H3,(H,21,23). The number of benzene rings is 1. The van der Waals surface area contributed by atoms with Gasteiger partial charge in [-0.2, -0.15) is 0 Å². The number of nitrogens with zero attached hydrogens (tertiary/aromatic N) is 2. The Labute approximate surface area is 162 Å². The van der Waals surface area contributed by atoms with Gasteiger partial charge in [0.05, 0.1) is 10.7 Å². The van der Waals surface area contributed by atoms with Crippen LogP contribution in [0.1, 0.15) is 44.6 Å². The quantitative estimate of drug-likeness (QED) is 0.735. The van der Waals surface area contributed by atoms with Crippen LogP contribution >= 0.6 is 11.3 Å². The molecule has 0 bridgehead atoms. The van der Waals surface area contributed by atoms with Crippen LogP contribution in [0.3, 0.4) is 0 Å². The Morgan fingerprint density at radius 1 is 1.11 bits per heavy atom. The normalized spacial score (nSPS) is 10.4. The topological polar surface area (TPSA) is 88.6 Å². The Hall–Kier alpha value is -2.74. The summed E-state index contributed by atoms with van der Waals surface area (Å²) < 4.78 is 5.04. The van der Waals surface area contributed by atoms with Crippen molar-refractivity contribution >= 4 is 34.8 Å². The molecular weight excluding hydrogens is 366 g/mol. The lowest BCUT2D eigenvalue weighted by Crippen LogP contribution is -2.30. The average molecular weight is 389 g/mol. The molecule has 144 valence electrons. The van der Waals surface area contributed by atoms with Crippen molar-refractivity contribution in [3.05, 3.63) is 45.4 Å². The Kier molecular flexibility index (Phi) is 7.06. The third-order valence-electron chi connectivity index (χ3n) is 3.89. The molecule has 2 aromatic rings. The van der Waals surface area contributed by atoms with E-state index in [1.165, 1.54) is 11.3 Å². The first-order valence-corrected chi connectivity index (χ1v) is 9.47. The summed E-state index contributed by atoms with van der Waals surface area (Å²) >= 11 is 1.24. The summed E-state index contributed by atoms with van der Waals surface area (Å²) in [7, 11) is 0. The van der Waals surface area contributed by atoms with Crippen LogP contribution in [-0.4, -0.2) is 47.4 Å². The van der Waals surface area contributed by atoms with E-state index in [4.69, 9.17) is 4.74 Å². The predicted octanol–water partition coefficient (Wildman–Crippen LogP) is 3.04. The maximum atomic E-state index is 12.3. The molecule has 0 saturated carbocycles. The summed E-state index contributed by atoms with van der Waals surface area (Å²) in [5.41, 5.74) is 1.67. The minimum absolute atomic E-state index is 0.0537. The Morgan fingerprint density at radius 3 is 2.26 bits per heavy atom. The van der Waals surface area contributed by atoms with E-state index in [1.54, 1.807) is 43.0 Å². The fraction of sp³-hybridized carbons (Fsp3) is 0.368. The zero-order chi connectivity index (χ0) is 20.0. The largest absolute Gasteiger partial charge is 0.451 e. The highest BCUT2D eigenvalue weighted by Crippen LogP contribution is 2.18. The van der Waals surface area contributed by atoms with Gasteiger partial charge in [-0.25, -0.2) is 9.78 Å². The zero-order valence-corrected chi connectivity index (χ0v) is 16.7. The fourth-order valence-electron chi connectivity index (χ4n) is 2.50. The molecule has 0 aliphatic rings. The van der Waals surface area contributed by atoms with Crippen molar-refractivity contribution in [2.45, 2.75) is 27.7 Å². The van der Waals surface area contributed by atoms with Crippen LogP contribution in [0.4, 0.5) is 5.69 Å². The molecule has 27 heavy (non-hydrogen) atoms. The molecule has 0 unspecified atom stereocenters. The van der Waals surface area contributed by atoms with Gasteiger partial charge < -0.3 is 15.0 Å². The van der Waals surface area contributed by atoms with Crippen molar-refractivity contribution in [2.75, 3.05) is 25.0 Å². The van der Waals surface area contributed by atoms with Crippen molar-refractivity contribution in [2.24, 2.45) is 0 Å². The molecule has 7 nitrogen and oxygen atoms in total. The molecule has 0 aliphatic carbocycles. The predicted molar refractivity (Wildman–Crippen MR) is 104 cm³/mol. The van der Waals surface area contributed by atoms with Gasteiger partial charge in [0.15, 0.2) is 6.61 Å². The minimum Gasteiger partial charge on any atom is -0.451 e. The van der Waals surface area contributed by atoms with Gasteiger partial charge in [-0.1, -0.05) is 0 Å². The molecular formula is C19H23N3O4S. The maximum Gasteiger partial charge on any atom is 0.350 e. The van der Waals surface area contributed by atoms with Gasteiger partial charge in [0, 0.05) is 24.3 Å². The van der Waals surface area contributed by atoms with E-state index in [0.29, 0.717) is 34.9 Å². The summed E-state index contributed by atoms with van der Waals surface area (Å²) in [4.78, 5) is 42.5. The third-order valence-corrected chi connectivity index (χ3v) is 4.94. The summed E-state index contributed by atoms with van der Waals surface area (Å²) in [6.45, 7) is 8.25. The summed E-state index contributed by atoms with van der Waals surface area (Å²) in [6, 6.07) is 6.61. The van der Waals surface area contributed by atoms with E-state index in [1.807, 2.05) is 13.8 Å². The zero-order valence-electron chi connectivity index (χ0n) is 15.9. The molecule has 1 N–H and O–H groups in total. The molecule has 0 atom stereocenters. The molecule has 1 heterocycles. The second-order valence-electron chi connectivity index (χ2n) is 5.83. The van der Waals surface area contributed by atoms with Crippen LogP contribution in [0.5, 0.6) is 0 Å². The van der Waals surface area contributed by atoms with Crippen LogP contribution in [-0.2, 0) is 9.53 Å². The molecule has 0 fully saturated rings. The van der Waals surface area contributed by atoms with Gasteiger partial charge in [-0.05, 0) is 52.0 Å². The molecule has 1 aromatic heterocycles. The molecule has 0 radical (unpaired) electrons. The van der Waals surface area contributed by atoms with E-state index in [0.717, 1.165) is 5.01 Å². The van der Waals surface area contributed by atoms with Crippen LogP contribution in [0, 0.1) is 13.8 Å². The number of anilines is 1. The van der Waals surface area contributed by atoms with Gasteiger partial charge in [-0.15, -0.1) is 11.3 Å². The third kappa shape index (κ3) is 5.37. The number of aryl methyl sites for hydroxylation is 2. The molecule has 0 saturated heterocycles. The van der Waals surface area contributed by atoms with Gasteiger partial charge in [-0.3, -0.25) is 9.59 Å². The molecule has 0 spiro atoms. The monoisotopic (exact) mass is 389 g/mol. The number of thiazole rings is 1. The Balaban J connectivity index is 1.89. The van der Waals surface area contributed by atoms with Crippen molar-refractivity contribution in [1.82, 2.24) is 9.88 Å². The van der Waals surface area contributed by atoms with Gasteiger partial charge >= 0.3 is 5.97 Å². The van der Waals surface area contributed by atoms with Crippen LogP contribution in [0.25, 0.3) is 0 Å². The van der Waals surface area contributed by atoms with E-state index >= 15 is 0 Å². The Bertz CT molecular complexity index is 826. The van der Waals surface area contributed by atoms with Crippen LogP contribution < -0.4 is 5.32 Å². The highest BCUT2D eigenvalue weighted by Gasteiger charge is 2.17. The summed E-state index contributed by atoms with van der Waals surface area (Å²) in [6.07, 6.45) is 0. The first-order chi connectivity index (χ1) is 12.8. The van der Waals surface area contributed by atoms with Crippen LogP contribution in [0.15, 0.2) is 24.3 Å². The fourth-order valence-corrected chi connectivity index (χ4v) is 3.32. The number of amides is 2. The van der Waals surface area contributed by atoms with Crippen LogP contribution in [0.2, 0.25) is 0 Å². The minimum atomic E-state index is -0.562. The number of rotatable bonds is 7. The lowest BCUT2D eigenvalue weighted by molar-refractivity contribution is -0.119. The second kappa shape index (κ2) is 9.27. The van der Waals surface area contributed by atoms with E-state index in [2.05, 4.69) is 10.3 Å². The molecule has 1 aromatic carbocycles. The first-order valence-electron chi connectivity index (χ1n) is 8.66. The number of hydrogen-bond donors (Lipinski definition) is 1. The number of carbonyl (C=O) groups excluding carboxylic acids is 3. The Morgan fingerprint density at radius 2 is 1.74 bits per heavy atom. The van der Waals surface area contributed by atoms with E-state index in [9.17, 15) is 14.4 Å². The molecule has 0 aliphatic heterocycles. The number of esters is 1. The summed E-state index contributed by atoms with van der Waals surface area (Å²) in [5, 5.41) is 3.41. The highest BCUT2D eigenvalue weighted by molar-refractivity contribution is 7.13. The highest BCUT2D eigenvalue weighted by atomic mass is 32.1. The van der Waals surface area contributed by atoms with Gasteiger partial charge in [0.2, 0.25) is 0 Å². The number of carbonyl (C=O) groups is 3. The lowest BCUT2D eigenvalue weighted by Gasteiger charge is -2.18. The SMILES string of the molecule is CCN(CC)C(=O)c1ccc(NC(=O)COC(=O)c2sc(C)nc2C)cc1. The first kappa shape index (κ1) is 20.6. The van der Waals surface area contributed by atoms with Crippen molar-refractivity contribution in [3.8, 4) is 0 Å². The van der Waals surface area contributed by atoms with E-state index < -0.39 is 18.5 Å². The number of nitrogens with one attached hydrogen (secondary N) is 1. The van der Waals surface area contributed by atoms with Gasteiger partial charge in [0.25, 0.3) is 11.8 Å². The van der Waals surface area contributed by atoms with E-state index in [-0.39, 0.29) is 5.91 Å². The number of aromatic nitrogens is 1. The number of hydrogen-bond acceptors (Lipinski definition) is 6. The van der Waals surface area contributed by atoms with Crippen molar-refractivity contribution in [1.29, 1.82) is 0 Å².